The van der Waals surface area contributed by atoms with Gasteiger partial charge in [0.05, 0.1) is 16.5 Å². The summed E-state index contributed by atoms with van der Waals surface area (Å²) in [6.45, 7) is 2.23. The van der Waals surface area contributed by atoms with Crippen LogP contribution in [0.3, 0.4) is 0 Å². The van der Waals surface area contributed by atoms with Gasteiger partial charge in [0.15, 0.2) is 21.3 Å². The van der Waals surface area contributed by atoms with Gasteiger partial charge in [-0.3, -0.25) is 0 Å². The number of ether oxygens (including phenoxy) is 3. The maximum Gasteiger partial charge on any atom is 0.180 e. The quantitative estimate of drug-likeness (QED) is 0.785. The summed E-state index contributed by atoms with van der Waals surface area (Å²) in [5.41, 5.74) is 0. The van der Waals surface area contributed by atoms with Crippen LogP contribution in [-0.4, -0.2) is 54.2 Å². The molecule has 0 aliphatic carbocycles. The van der Waals surface area contributed by atoms with Gasteiger partial charge >= 0.3 is 0 Å². The van der Waals surface area contributed by atoms with E-state index in [1.54, 1.807) is 7.11 Å². The van der Waals surface area contributed by atoms with Crippen molar-refractivity contribution in [3.8, 4) is 11.5 Å². The fraction of sp³-hybridized carbons (Fsp3) is 0.538. The summed E-state index contributed by atoms with van der Waals surface area (Å²) in [7, 11) is -1.72. The van der Waals surface area contributed by atoms with E-state index in [1.807, 2.05) is 0 Å². The van der Waals surface area contributed by atoms with Gasteiger partial charge in [0.1, 0.15) is 12.7 Å². The predicted molar refractivity (Wildman–Crippen MR) is 79.2 cm³/mol. The topological polar surface area (TPSA) is 73.9 Å². The molecule has 1 heterocycles. The fourth-order valence-corrected chi connectivity index (χ4v) is 2.90. The van der Waals surface area contributed by atoms with Crippen LogP contribution in [-0.2, 0) is 14.6 Å². The van der Waals surface area contributed by atoms with Crippen LogP contribution in [0.5, 0.6) is 11.5 Å². The molecule has 1 N–H and O–H groups in total. The maximum atomic E-state index is 11.6. The molecule has 1 aromatic rings. The minimum atomic E-state index is -3.35. The average molecular weight is 336 g/mol. The van der Waals surface area contributed by atoms with E-state index in [0.29, 0.717) is 37.8 Å². The third-order valence-corrected chi connectivity index (χ3v) is 4.35. The number of hydrogen-bond donors (Lipinski definition) is 1. The molecule has 1 aliphatic heterocycles. The van der Waals surface area contributed by atoms with Gasteiger partial charge in [0.25, 0.3) is 0 Å². The van der Waals surface area contributed by atoms with Crippen LogP contribution in [0.2, 0.25) is 5.02 Å². The molecule has 0 unspecified atom stereocenters. The monoisotopic (exact) mass is 335 g/mol. The molecule has 8 heteroatoms. The average Bonchev–Trinajstić information content (AvgIpc) is 2.42. The van der Waals surface area contributed by atoms with Crippen molar-refractivity contribution in [3.63, 3.8) is 0 Å². The van der Waals surface area contributed by atoms with Crippen LogP contribution in [0, 0.1) is 0 Å². The van der Waals surface area contributed by atoms with Gasteiger partial charge in [0.2, 0.25) is 0 Å². The Balaban J connectivity index is 2.10. The van der Waals surface area contributed by atoms with Crippen LogP contribution < -0.4 is 14.8 Å². The second kappa shape index (κ2) is 6.83. The molecule has 0 amide bonds. The van der Waals surface area contributed by atoms with E-state index in [9.17, 15) is 8.42 Å². The Hall–Kier alpha value is -1.02. The Morgan fingerprint density at radius 2 is 2.24 bits per heavy atom. The zero-order chi connectivity index (χ0) is 15.5. The van der Waals surface area contributed by atoms with E-state index in [1.165, 1.54) is 12.1 Å². The van der Waals surface area contributed by atoms with Crippen molar-refractivity contribution < 1.29 is 22.6 Å². The van der Waals surface area contributed by atoms with Crippen molar-refractivity contribution in [2.45, 2.75) is 11.0 Å². The van der Waals surface area contributed by atoms with Crippen molar-refractivity contribution in [2.75, 3.05) is 39.7 Å². The molecule has 0 spiro atoms. The first-order chi connectivity index (χ1) is 9.91. The van der Waals surface area contributed by atoms with Gasteiger partial charge in [-0.15, -0.1) is 0 Å². The van der Waals surface area contributed by atoms with Crippen LogP contribution in [0.25, 0.3) is 0 Å². The van der Waals surface area contributed by atoms with Crippen LogP contribution >= 0.6 is 11.6 Å². The molecule has 0 saturated carbocycles. The minimum Gasteiger partial charge on any atom is -0.484 e. The Bertz CT molecular complexity index is 605. The molecule has 118 valence electrons. The van der Waals surface area contributed by atoms with E-state index in [2.05, 4.69) is 5.32 Å². The second-order valence-corrected chi connectivity index (χ2v) is 7.18. The summed E-state index contributed by atoms with van der Waals surface area (Å²) in [5.74, 6) is 0.741. The lowest BCUT2D eigenvalue weighted by molar-refractivity contribution is 0.0881. The molecule has 1 atom stereocenters. The standard InChI is InChI=1S/C13H18ClNO5S/c1-18-4-3-15-7-9-8-19-13-11(14)5-10(21(2,16)17)6-12(13)20-9/h5-6,9,15H,3-4,7-8H2,1-2H3/t9-/m0/s1. The largest absolute Gasteiger partial charge is 0.484 e. The van der Waals surface area contributed by atoms with E-state index < -0.39 is 9.84 Å². The summed E-state index contributed by atoms with van der Waals surface area (Å²) in [4.78, 5) is 0.114. The van der Waals surface area contributed by atoms with Crippen molar-refractivity contribution in [3.05, 3.63) is 17.2 Å². The molecule has 21 heavy (non-hydrogen) atoms. The van der Waals surface area contributed by atoms with Crippen LogP contribution in [0.4, 0.5) is 0 Å². The first-order valence-electron chi connectivity index (χ1n) is 6.44. The number of sulfone groups is 1. The Morgan fingerprint density at radius 3 is 2.90 bits per heavy atom. The summed E-state index contributed by atoms with van der Waals surface area (Å²) in [6.07, 6.45) is 0.915. The number of halogens is 1. The van der Waals surface area contributed by atoms with Gasteiger partial charge in [-0.2, -0.15) is 0 Å². The molecule has 0 fully saturated rings. The third-order valence-electron chi connectivity index (χ3n) is 2.97. The number of benzene rings is 1. The van der Waals surface area contributed by atoms with Gasteiger partial charge in [-0.25, -0.2) is 8.42 Å². The van der Waals surface area contributed by atoms with Gasteiger partial charge in [0, 0.05) is 32.5 Å². The van der Waals surface area contributed by atoms with Crippen molar-refractivity contribution in [2.24, 2.45) is 0 Å². The lowest BCUT2D eigenvalue weighted by atomic mass is 10.2. The number of fused-ring (bicyclic) bond motifs is 1. The molecule has 2 rings (SSSR count). The van der Waals surface area contributed by atoms with E-state index >= 15 is 0 Å². The van der Waals surface area contributed by atoms with Crippen LogP contribution in [0.15, 0.2) is 17.0 Å². The van der Waals surface area contributed by atoms with Crippen molar-refractivity contribution >= 4 is 21.4 Å². The van der Waals surface area contributed by atoms with Gasteiger partial charge in [-0.05, 0) is 6.07 Å². The molecule has 6 nitrogen and oxygen atoms in total. The number of rotatable bonds is 6. The highest BCUT2D eigenvalue weighted by Gasteiger charge is 2.25. The Morgan fingerprint density at radius 1 is 1.48 bits per heavy atom. The fourth-order valence-electron chi connectivity index (χ4n) is 1.91. The van der Waals surface area contributed by atoms with Crippen LogP contribution in [0.1, 0.15) is 0 Å². The lowest BCUT2D eigenvalue weighted by Gasteiger charge is -2.27. The normalized spacial score (nSPS) is 17.8. The number of hydrogen-bond acceptors (Lipinski definition) is 6. The Kier molecular flexibility index (Phi) is 5.32. The lowest BCUT2D eigenvalue weighted by Crippen LogP contribution is -2.39. The van der Waals surface area contributed by atoms with E-state index in [4.69, 9.17) is 25.8 Å². The predicted octanol–water partition coefficient (Wildman–Crippen LogP) is 1.12. The number of methoxy groups -OCH3 is 1. The summed E-state index contributed by atoms with van der Waals surface area (Å²) >= 11 is 6.05. The highest BCUT2D eigenvalue weighted by Crippen LogP contribution is 2.40. The minimum absolute atomic E-state index is 0.114. The molecule has 0 saturated heterocycles. The SMILES string of the molecule is COCCNC[C@H]1COc2c(Cl)cc(S(C)(=O)=O)cc2O1. The van der Waals surface area contributed by atoms with Crippen molar-refractivity contribution in [1.82, 2.24) is 5.32 Å². The van der Waals surface area contributed by atoms with Gasteiger partial charge < -0.3 is 19.5 Å². The molecular formula is C13H18ClNO5S. The maximum absolute atomic E-state index is 11.6. The first-order valence-corrected chi connectivity index (χ1v) is 8.71. The number of nitrogens with one attached hydrogen (secondary N) is 1. The smallest absolute Gasteiger partial charge is 0.180 e. The highest BCUT2D eigenvalue weighted by molar-refractivity contribution is 7.90. The molecule has 0 aromatic heterocycles. The molecule has 1 aromatic carbocycles. The summed E-state index contributed by atoms with van der Waals surface area (Å²) in [5, 5.41) is 3.40. The molecule has 0 bridgehead atoms. The first kappa shape index (κ1) is 16.4. The van der Waals surface area contributed by atoms with E-state index in [-0.39, 0.29) is 16.0 Å². The summed E-state index contributed by atoms with van der Waals surface area (Å²) < 4.78 is 39.5. The van der Waals surface area contributed by atoms with Crippen molar-refractivity contribution in [1.29, 1.82) is 0 Å². The summed E-state index contributed by atoms with van der Waals surface area (Å²) in [6, 6.07) is 2.81. The highest BCUT2D eigenvalue weighted by atomic mass is 35.5. The van der Waals surface area contributed by atoms with E-state index in [0.717, 1.165) is 6.26 Å². The zero-order valence-corrected chi connectivity index (χ0v) is 13.5. The zero-order valence-electron chi connectivity index (χ0n) is 11.9. The second-order valence-electron chi connectivity index (χ2n) is 4.75. The van der Waals surface area contributed by atoms with Gasteiger partial charge in [-0.1, -0.05) is 11.6 Å². The Labute approximate surface area is 129 Å². The molecule has 0 radical (unpaired) electrons. The molecular weight excluding hydrogens is 318 g/mol. The molecule has 1 aliphatic rings. The third kappa shape index (κ3) is 4.23.